The molecule has 4 rings (SSSR count). The molecule has 2 saturated heterocycles. The minimum absolute atomic E-state index is 0.0221. The van der Waals surface area contributed by atoms with Crippen LogP contribution in [-0.4, -0.2) is 62.0 Å². The van der Waals surface area contributed by atoms with E-state index in [2.05, 4.69) is 9.88 Å². The van der Waals surface area contributed by atoms with E-state index in [1.54, 1.807) is 4.90 Å². The summed E-state index contributed by atoms with van der Waals surface area (Å²) in [5.74, 6) is 0.359. The monoisotopic (exact) mass is 346 g/mol. The van der Waals surface area contributed by atoms with Crippen molar-refractivity contribution in [3.8, 4) is 0 Å². The van der Waals surface area contributed by atoms with Crippen LogP contribution < -0.4 is 0 Å². The second-order valence-corrected chi connectivity index (χ2v) is 8.03. The molecular formula is C18H26N4O3. The van der Waals surface area contributed by atoms with Gasteiger partial charge in [-0.2, -0.15) is 0 Å². The second kappa shape index (κ2) is 6.12. The Morgan fingerprint density at radius 1 is 1.32 bits per heavy atom. The van der Waals surface area contributed by atoms with Gasteiger partial charge < -0.3 is 14.6 Å². The van der Waals surface area contributed by atoms with E-state index in [0.717, 1.165) is 51.1 Å². The standard InChI is InChI=1S/C18H26N4O3/c1-20-9-6-19-15(20)11-21-7-4-18(5-8-21)10-14(17(24)25)22(12-18)16(23)13-2-3-13/h6,9,13-14H,2-5,7-8,10-12H2,1H3,(H,24,25)/t14-/m0/s1. The maximum atomic E-state index is 12.5. The fraction of sp³-hybridized carbons (Fsp3) is 0.722. The maximum Gasteiger partial charge on any atom is 0.326 e. The summed E-state index contributed by atoms with van der Waals surface area (Å²) in [7, 11) is 2.00. The number of aliphatic carboxylic acids is 1. The smallest absolute Gasteiger partial charge is 0.326 e. The van der Waals surface area contributed by atoms with E-state index in [-0.39, 0.29) is 17.2 Å². The zero-order valence-electron chi connectivity index (χ0n) is 14.7. The van der Waals surface area contributed by atoms with Crippen LogP contribution in [0.25, 0.3) is 0 Å². The summed E-state index contributed by atoms with van der Waals surface area (Å²) < 4.78 is 2.04. The molecule has 1 amide bonds. The van der Waals surface area contributed by atoms with Gasteiger partial charge in [0.25, 0.3) is 0 Å². The van der Waals surface area contributed by atoms with Gasteiger partial charge in [-0.15, -0.1) is 0 Å². The van der Waals surface area contributed by atoms with Gasteiger partial charge in [-0.25, -0.2) is 9.78 Å². The van der Waals surface area contributed by atoms with Crippen molar-refractivity contribution in [2.75, 3.05) is 19.6 Å². The van der Waals surface area contributed by atoms with E-state index >= 15 is 0 Å². The zero-order chi connectivity index (χ0) is 17.6. The van der Waals surface area contributed by atoms with E-state index in [1.165, 1.54) is 0 Å². The van der Waals surface area contributed by atoms with Crippen LogP contribution in [0.15, 0.2) is 12.4 Å². The largest absolute Gasteiger partial charge is 0.480 e. The third-order valence-corrected chi connectivity index (χ3v) is 6.21. The molecule has 1 spiro atoms. The number of carbonyl (C=O) groups excluding carboxylic acids is 1. The van der Waals surface area contributed by atoms with Gasteiger partial charge in [0, 0.05) is 31.9 Å². The maximum absolute atomic E-state index is 12.5. The number of rotatable bonds is 4. The summed E-state index contributed by atoms with van der Waals surface area (Å²) in [5.41, 5.74) is -0.0221. The molecule has 1 aromatic heterocycles. The lowest BCUT2D eigenvalue weighted by molar-refractivity contribution is -0.148. The molecule has 0 bridgehead atoms. The SMILES string of the molecule is Cn1ccnc1CN1CCC2(CC1)C[C@@H](C(=O)O)N(C(=O)C1CC1)C2. The Hall–Kier alpha value is -1.89. The average Bonchev–Trinajstić information content (AvgIpc) is 3.27. The molecule has 2 aliphatic heterocycles. The van der Waals surface area contributed by atoms with Crippen LogP contribution in [0.5, 0.6) is 0 Å². The summed E-state index contributed by atoms with van der Waals surface area (Å²) in [6.07, 6.45) is 8.13. The van der Waals surface area contributed by atoms with Crippen molar-refractivity contribution in [2.24, 2.45) is 18.4 Å². The van der Waals surface area contributed by atoms with Gasteiger partial charge in [-0.3, -0.25) is 9.69 Å². The summed E-state index contributed by atoms with van der Waals surface area (Å²) in [5, 5.41) is 9.59. The van der Waals surface area contributed by atoms with Gasteiger partial charge in [-0.1, -0.05) is 0 Å². The third kappa shape index (κ3) is 3.17. The quantitative estimate of drug-likeness (QED) is 0.883. The summed E-state index contributed by atoms with van der Waals surface area (Å²) in [6, 6.07) is -0.630. The minimum atomic E-state index is -0.846. The molecule has 1 saturated carbocycles. The van der Waals surface area contributed by atoms with Crippen LogP contribution in [-0.2, 0) is 23.2 Å². The Morgan fingerprint density at radius 3 is 2.60 bits per heavy atom. The van der Waals surface area contributed by atoms with Crippen molar-refractivity contribution in [3.05, 3.63) is 18.2 Å². The van der Waals surface area contributed by atoms with Crippen LogP contribution in [0.1, 0.15) is 37.9 Å². The Balaban J connectivity index is 1.40. The number of hydrogen-bond donors (Lipinski definition) is 1. The highest BCUT2D eigenvalue weighted by atomic mass is 16.4. The second-order valence-electron chi connectivity index (χ2n) is 8.03. The molecule has 0 radical (unpaired) electrons. The van der Waals surface area contributed by atoms with Crippen molar-refractivity contribution < 1.29 is 14.7 Å². The molecule has 1 aliphatic carbocycles. The van der Waals surface area contributed by atoms with Crippen molar-refractivity contribution >= 4 is 11.9 Å². The topological polar surface area (TPSA) is 78.7 Å². The van der Waals surface area contributed by atoms with Crippen LogP contribution >= 0.6 is 0 Å². The molecule has 7 nitrogen and oxygen atoms in total. The molecule has 0 unspecified atom stereocenters. The molecule has 1 atom stereocenters. The first-order valence-corrected chi connectivity index (χ1v) is 9.19. The average molecular weight is 346 g/mol. The highest BCUT2D eigenvalue weighted by molar-refractivity contribution is 5.87. The molecule has 25 heavy (non-hydrogen) atoms. The van der Waals surface area contributed by atoms with Gasteiger partial charge in [0.05, 0.1) is 6.54 Å². The van der Waals surface area contributed by atoms with Gasteiger partial charge >= 0.3 is 5.97 Å². The van der Waals surface area contributed by atoms with Crippen LogP contribution in [0.3, 0.4) is 0 Å². The first-order chi connectivity index (χ1) is 12.0. The summed E-state index contributed by atoms with van der Waals surface area (Å²) in [4.78, 5) is 32.6. The number of carboxylic acid groups (broad SMARTS) is 1. The first kappa shape index (κ1) is 16.6. The summed E-state index contributed by atoms with van der Waals surface area (Å²) in [6.45, 7) is 3.32. The number of nitrogens with zero attached hydrogens (tertiary/aromatic N) is 4. The lowest BCUT2D eigenvalue weighted by atomic mass is 9.76. The predicted octanol–water partition coefficient (Wildman–Crippen LogP) is 1.10. The van der Waals surface area contributed by atoms with Crippen molar-refractivity contribution in [1.82, 2.24) is 19.4 Å². The molecule has 1 N–H and O–H groups in total. The third-order valence-electron chi connectivity index (χ3n) is 6.21. The Kier molecular flexibility index (Phi) is 4.06. The Bertz CT molecular complexity index is 674. The zero-order valence-corrected chi connectivity index (χ0v) is 14.7. The van der Waals surface area contributed by atoms with Gasteiger partial charge in [-0.05, 0) is 50.6 Å². The van der Waals surface area contributed by atoms with E-state index in [9.17, 15) is 14.7 Å². The molecular weight excluding hydrogens is 320 g/mol. The lowest BCUT2D eigenvalue weighted by Crippen LogP contribution is -2.43. The molecule has 3 fully saturated rings. The molecule has 136 valence electrons. The minimum Gasteiger partial charge on any atom is -0.480 e. The van der Waals surface area contributed by atoms with Gasteiger partial charge in [0.2, 0.25) is 5.91 Å². The highest BCUT2D eigenvalue weighted by Crippen LogP contribution is 2.45. The number of likely N-dealkylation sites (tertiary alicyclic amines) is 2. The number of piperidine rings is 1. The van der Waals surface area contributed by atoms with Gasteiger partial charge in [0.1, 0.15) is 11.9 Å². The van der Waals surface area contributed by atoms with E-state index in [0.29, 0.717) is 13.0 Å². The fourth-order valence-corrected chi connectivity index (χ4v) is 4.37. The number of imidazole rings is 1. The lowest BCUT2D eigenvalue weighted by Gasteiger charge is -2.39. The number of aromatic nitrogens is 2. The van der Waals surface area contributed by atoms with E-state index in [4.69, 9.17) is 0 Å². The number of carboxylic acids is 1. The molecule has 7 heteroatoms. The number of hydrogen-bond acceptors (Lipinski definition) is 4. The van der Waals surface area contributed by atoms with Crippen LogP contribution in [0, 0.1) is 11.3 Å². The molecule has 3 heterocycles. The number of amides is 1. The van der Waals surface area contributed by atoms with E-state index < -0.39 is 12.0 Å². The number of aryl methyl sites for hydroxylation is 1. The normalized spacial score (nSPS) is 26.3. The summed E-state index contributed by atoms with van der Waals surface area (Å²) >= 11 is 0. The Morgan fingerprint density at radius 2 is 2.04 bits per heavy atom. The van der Waals surface area contributed by atoms with Crippen molar-refractivity contribution in [3.63, 3.8) is 0 Å². The predicted molar refractivity (Wildman–Crippen MR) is 90.6 cm³/mol. The molecule has 1 aromatic rings. The Labute approximate surface area is 147 Å². The fourth-order valence-electron chi connectivity index (χ4n) is 4.37. The molecule has 3 aliphatic rings. The van der Waals surface area contributed by atoms with Crippen LogP contribution in [0.2, 0.25) is 0 Å². The van der Waals surface area contributed by atoms with Crippen molar-refractivity contribution in [1.29, 1.82) is 0 Å². The highest BCUT2D eigenvalue weighted by Gasteiger charge is 2.51. The van der Waals surface area contributed by atoms with Crippen molar-refractivity contribution in [2.45, 2.75) is 44.7 Å². The van der Waals surface area contributed by atoms with E-state index in [1.807, 2.05) is 24.0 Å². The number of carbonyl (C=O) groups is 2. The van der Waals surface area contributed by atoms with Crippen LogP contribution in [0.4, 0.5) is 0 Å². The van der Waals surface area contributed by atoms with Gasteiger partial charge in [0.15, 0.2) is 0 Å². The molecule has 0 aromatic carbocycles. The first-order valence-electron chi connectivity index (χ1n) is 9.19.